The van der Waals surface area contributed by atoms with Crippen LogP contribution in [0.1, 0.15) is 62.8 Å². The van der Waals surface area contributed by atoms with Gasteiger partial charge in [-0.05, 0) is 54.9 Å². The van der Waals surface area contributed by atoms with Crippen LogP contribution in [-0.4, -0.2) is 70.4 Å². The van der Waals surface area contributed by atoms with Gasteiger partial charge < -0.3 is 14.9 Å². The van der Waals surface area contributed by atoms with Crippen molar-refractivity contribution in [2.24, 2.45) is 11.8 Å². The maximum atomic E-state index is 13.5. The number of hydrogen-bond acceptors (Lipinski definition) is 4. The number of amides is 2. The third-order valence-corrected chi connectivity index (χ3v) is 8.03. The second-order valence-corrected chi connectivity index (χ2v) is 11.0. The summed E-state index contributed by atoms with van der Waals surface area (Å²) in [5.41, 5.74) is 3.61. The normalized spacial score (nSPS) is 20.5. The number of rotatable bonds is 6. The molecule has 0 aromatic heterocycles. The van der Waals surface area contributed by atoms with Gasteiger partial charge in [0.15, 0.2) is 0 Å². The maximum Gasteiger partial charge on any atom is 0.223 e. The van der Waals surface area contributed by atoms with E-state index in [2.05, 4.69) is 54.8 Å². The van der Waals surface area contributed by atoms with Crippen molar-refractivity contribution in [3.63, 3.8) is 0 Å². The van der Waals surface area contributed by atoms with Crippen molar-refractivity contribution >= 4 is 11.8 Å². The maximum absolute atomic E-state index is 13.5. The highest BCUT2D eigenvalue weighted by molar-refractivity contribution is 5.77. The molecule has 36 heavy (non-hydrogen) atoms. The summed E-state index contributed by atoms with van der Waals surface area (Å²) in [6, 6.07) is 16.4. The molecule has 2 aromatic rings. The molecule has 2 heterocycles. The Labute approximate surface area is 215 Å². The molecule has 2 aliphatic heterocycles. The number of carbonyl (C=O) groups excluding carboxylic acids is 2. The quantitative estimate of drug-likeness (QED) is 0.641. The molecule has 6 nitrogen and oxygen atoms in total. The molecule has 0 bridgehead atoms. The summed E-state index contributed by atoms with van der Waals surface area (Å²) in [5, 5.41) is 9.87. The standard InChI is InChI=1S/C30H41N3O3/c1-21(2)28-20-32(17-18-33(28)29(36)19-24-13-15-31(16-14-24)23(4)34)30(25-7-5-22(3)6-8-25)26-9-11-27(35)12-10-26/h5-12,21,24,28,30,35H,13-20H2,1-4H3. The highest BCUT2D eigenvalue weighted by Gasteiger charge is 2.37. The minimum atomic E-state index is 0.0700. The minimum absolute atomic E-state index is 0.0700. The second kappa shape index (κ2) is 11.5. The predicted molar refractivity (Wildman–Crippen MR) is 143 cm³/mol. The van der Waals surface area contributed by atoms with Crippen molar-refractivity contribution in [2.75, 3.05) is 32.7 Å². The average molecular weight is 492 g/mol. The first kappa shape index (κ1) is 26.2. The van der Waals surface area contributed by atoms with E-state index < -0.39 is 0 Å². The Morgan fingerprint density at radius 3 is 2.06 bits per heavy atom. The van der Waals surface area contributed by atoms with E-state index in [9.17, 15) is 14.7 Å². The Balaban J connectivity index is 1.49. The van der Waals surface area contributed by atoms with Crippen LogP contribution >= 0.6 is 0 Å². The van der Waals surface area contributed by atoms with Crippen molar-refractivity contribution in [3.8, 4) is 5.75 Å². The first-order valence-corrected chi connectivity index (χ1v) is 13.4. The highest BCUT2D eigenvalue weighted by Crippen LogP contribution is 2.33. The molecule has 4 rings (SSSR count). The molecular formula is C30H41N3O3. The summed E-state index contributed by atoms with van der Waals surface area (Å²) >= 11 is 0. The Morgan fingerprint density at radius 1 is 0.917 bits per heavy atom. The fourth-order valence-electron chi connectivity index (χ4n) is 5.78. The predicted octanol–water partition coefficient (Wildman–Crippen LogP) is 4.61. The molecule has 1 N–H and O–H groups in total. The number of aromatic hydroxyl groups is 1. The SMILES string of the molecule is CC(=O)N1CCC(CC(=O)N2CCN(C(c3ccc(C)cc3)c3ccc(O)cc3)CC2C(C)C)CC1. The van der Waals surface area contributed by atoms with Gasteiger partial charge in [0.2, 0.25) is 11.8 Å². The first-order valence-electron chi connectivity index (χ1n) is 13.4. The lowest BCUT2D eigenvalue weighted by Crippen LogP contribution is -2.58. The first-order chi connectivity index (χ1) is 17.2. The molecule has 0 radical (unpaired) electrons. The van der Waals surface area contributed by atoms with E-state index >= 15 is 0 Å². The fourth-order valence-corrected chi connectivity index (χ4v) is 5.78. The van der Waals surface area contributed by atoms with Gasteiger partial charge in [-0.3, -0.25) is 14.5 Å². The van der Waals surface area contributed by atoms with Crippen molar-refractivity contribution in [1.29, 1.82) is 0 Å². The summed E-state index contributed by atoms with van der Waals surface area (Å²) in [4.78, 5) is 31.7. The number of likely N-dealkylation sites (tertiary alicyclic amines) is 1. The molecule has 0 aliphatic carbocycles. The lowest BCUT2D eigenvalue weighted by Gasteiger charge is -2.47. The van der Waals surface area contributed by atoms with Crippen LogP contribution in [0.5, 0.6) is 5.75 Å². The molecule has 2 unspecified atom stereocenters. The molecule has 2 aromatic carbocycles. The number of carbonyl (C=O) groups is 2. The number of phenolic OH excluding ortho intramolecular Hbond substituents is 1. The van der Waals surface area contributed by atoms with Crippen LogP contribution in [0, 0.1) is 18.8 Å². The Hall–Kier alpha value is -2.86. The van der Waals surface area contributed by atoms with Gasteiger partial charge in [-0.1, -0.05) is 55.8 Å². The van der Waals surface area contributed by atoms with E-state index in [1.807, 2.05) is 17.0 Å². The van der Waals surface area contributed by atoms with Crippen LogP contribution in [0.25, 0.3) is 0 Å². The second-order valence-electron chi connectivity index (χ2n) is 11.0. The minimum Gasteiger partial charge on any atom is -0.508 e. The third kappa shape index (κ3) is 6.09. The molecule has 2 fully saturated rings. The van der Waals surface area contributed by atoms with Gasteiger partial charge in [0.1, 0.15) is 5.75 Å². The highest BCUT2D eigenvalue weighted by atomic mass is 16.3. The molecule has 194 valence electrons. The molecular weight excluding hydrogens is 450 g/mol. The third-order valence-electron chi connectivity index (χ3n) is 8.03. The fraction of sp³-hybridized carbons (Fsp3) is 0.533. The zero-order chi connectivity index (χ0) is 25.8. The number of piperazine rings is 1. The summed E-state index contributed by atoms with van der Waals surface area (Å²) in [6.07, 6.45) is 2.40. The van der Waals surface area contributed by atoms with Crippen LogP contribution in [0.15, 0.2) is 48.5 Å². The summed E-state index contributed by atoms with van der Waals surface area (Å²) in [5.74, 6) is 1.36. The Bertz CT molecular complexity index is 981. The van der Waals surface area contributed by atoms with Crippen LogP contribution in [-0.2, 0) is 9.59 Å². The summed E-state index contributed by atoms with van der Waals surface area (Å²) in [7, 11) is 0. The summed E-state index contributed by atoms with van der Waals surface area (Å²) < 4.78 is 0. The van der Waals surface area contributed by atoms with Gasteiger partial charge in [0.05, 0.1) is 6.04 Å². The van der Waals surface area contributed by atoms with E-state index in [1.54, 1.807) is 19.1 Å². The number of piperidine rings is 1. The number of phenols is 1. The largest absolute Gasteiger partial charge is 0.508 e. The lowest BCUT2D eigenvalue weighted by atomic mass is 9.90. The number of hydrogen-bond donors (Lipinski definition) is 1. The van der Waals surface area contributed by atoms with Crippen molar-refractivity contribution in [1.82, 2.24) is 14.7 Å². The van der Waals surface area contributed by atoms with Gasteiger partial charge in [0, 0.05) is 52.1 Å². The molecule has 2 atom stereocenters. The summed E-state index contributed by atoms with van der Waals surface area (Å²) in [6.45, 7) is 12.0. The molecule has 2 amide bonds. The smallest absolute Gasteiger partial charge is 0.223 e. The van der Waals surface area contributed by atoms with Gasteiger partial charge in [-0.15, -0.1) is 0 Å². The average Bonchev–Trinajstić information content (AvgIpc) is 2.86. The van der Waals surface area contributed by atoms with Gasteiger partial charge in [-0.25, -0.2) is 0 Å². The number of aryl methyl sites for hydroxylation is 1. The van der Waals surface area contributed by atoms with E-state index in [1.165, 1.54) is 11.1 Å². The number of benzene rings is 2. The van der Waals surface area contributed by atoms with Crippen LogP contribution in [0.2, 0.25) is 0 Å². The Morgan fingerprint density at radius 2 is 1.50 bits per heavy atom. The topological polar surface area (TPSA) is 64.1 Å². The zero-order valence-electron chi connectivity index (χ0n) is 22.2. The van der Waals surface area contributed by atoms with E-state index in [4.69, 9.17) is 0 Å². The van der Waals surface area contributed by atoms with Crippen molar-refractivity contribution in [3.05, 3.63) is 65.2 Å². The van der Waals surface area contributed by atoms with E-state index in [0.29, 0.717) is 24.8 Å². The molecule has 2 aliphatic rings. The zero-order valence-corrected chi connectivity index (χ0v) is 22.2. The van der Waals surface area contributed by atoms with Gasteiger partial charge in [0.25, 0.3) is 0 Å². The van der Waals surface area contributed by atoms with Crippen molar-refractivity contribution < 1.29 is 14.7 Å². The number of nitrogens with zero attached hydrogens (tertiary/aromatic N) is 3. The van der Waals surface area contributed by atoms with Crippen LogP contribution < -0.4 is 0 Å². The molecule has 0 saturated carbocycles. The molecule has 6 heteroatoms. The van der Waals surface area contributed by atoms with Gasteiger partial charge in [-0.2, -0.15) is 0 Å². The monoisotopic (exact) mass is 491 g/mol. The van der Waals surface area contributed by atoms with Crippen molar-refractivity contribution in [2.45, 2.75) is 59.0 Å². The van der Waals surface area contributed by atoms with Crippen LogP contribution in [0.4, 0.5) is 0 Å². The Kier molecular flexibility index (Phi) is 8.35. The molecule has 2 saturated heterocycles. The van der Waals surface area contributed by atoms with Gasteiger partial charge >= 0.3 is 0 Å². The van der Waals surface area contributed by atoms with E-state index in [0.717, 1.165) is 44.6 Å². The lowest BCUT2D eigenvalue weighted by molar-refractivity contribution is -0.139. The van der Waals surface area contributed by atoms with Crippen LogP contribution in [0.3, 0.4) is 0 Å². The molecule has 0 spiro atoms. The van der Waals surface area contributed by atoms with E-state index in [-0.39, 0.29) is 29.6 Å².